The van der Waals surface area contributed by atoms with Crippen molar-refractivity contribution in [3.63, 3.8) is 0 Å². The first-order valence-corrected chi connectivity index (χ1v) is 5.25. The summed E-state index contributed by atoms with van der Waals surface area (Å²) in [6, 6.07) is 4.09. The lowest BCUT2D eigenvalue weighted by Gasteiger charge is -2.21. The SMILES string of the molecule is Cc1ccc(C2=CCC(C)(C)C=N2)cn1. The summed E-state index contributed by atoms with van der Waals surface area (Å²) < 4.78 is 0. The molecule has 2 heteroatoms. The molecule has 78 valence electrons. The summed E-state index contributed by atoms with van der Waals surface area (Å²) in [5, 5.41) is 0. The van der Waals surface area contributed by atoms with Crippen molar-refractivity contribution in [2.45, 2.75) is 27.2 Å². The van der Waals surface area contributed by atoms with E-state index >= 15 is 0 Å². The summed E-state index contributed by atoms with van der Waals surface area (Å²) >= 11 is 0. The summed E-state index contributed by atoms with van der Waals surface area (Å²) in [5.74, 6) is 0. The van der Waals surface area contributed by atoms with Crippen LogP contribution in [0.4, 0.5) is 0 Å². The van der Waals surface area contributed by atoms with Gasteiger partial charge in [-0.25, -0.2) is 0 Å². The molecule has 0 fully saturated rings. The van der Waals surface area contributed by atoms with Crippen LogP contribution in [0.15, 0.2) is 29.4 Å². The average Bonchev–Trinajstić information content (AvgIpc) is 2.20. The standard InChI is InChI=1S/C13H16N2/c1-10-4-5-11(8-14-10)12-6-7-13(2,3)9-15-12/h4-6,8-9H,7H2,1-3H3. The van der Waals surface area contributed by atoms with Crippen LogP contribution in [0.2, 0.25) is 0 Å². The van der Waals surface area contributed by atoms with E-state index in [0.717, 1.165) is 23.4 Å². The molecule has 1 aromatic heterocycles. The average molecular weight is 200 g/mol. The maximum absolute atomic E-state index is 4.48. The van der Waals surface area contributed by atoms with Crippen molar-refractivity contribution in [1.29, 1.82) is 0 Å². The van der Waals surface area contributed by atoms with E-state index in [-0.39, 0.29) is 5.41 Å². The highest BCUT2D eigenvalue weighted by molar-refractivity contribution is 5.79. The van der Waals surface area contributed by atoms with Crippen molar-refractivity contribution in [2.75, 3.05) is 0 Å². The van der Waals surface area contributed by atoms with Gasteiger partial charge >= 0.3 is 0 Å². The molecule has 0 aromatic carbocycles. The van der Waals surface area contributed by atoms with Gasteiger partial charge < -0.3 is 0 Å². The summed E-state index contributed by atoms with van der Waals surface area (Å²) in [6.07, 6.45) is 7.14. The van der Waals surface area contributed by atoms with Gasteiger partial charge in [0, 0.05) is 29.1 Å². The lowest BCUT2D eigenvalue weighted by atomic mass is 9.88. The minimum absolute atomic E-state index is 0.196. The molecule has 0 unspecified atom stereocenters. The second-order valence-electron chi connectivity index (χ2n) is 4.73. The number of hydrogen-bond donors (Lipinski definition) is 0. The molecular formula is C13H16N2. The fourth-order valence-corrected chi connectivity index (χ4v) is 1.52. The summed E-state index contributed by atoms with van der Waals surface area (Å²) in [6.45, 7) is 6.37. The van der Waals surface area contributed by atoms with Crippen LogP contribution in [0, 0.1) is 12.3 Å². The Bertz CT molecular complexity index is 411. The lowest BCUT2D eigenvalue weighted by Crippen LogP contribution is -2.14. The van der Waals surface area contributed by atoms with E-state index in [9.17, 15) is 0 Å². The van der Waals surface area contributed by atoms with Gasteiger partial charge in [-0.2, -0.15) is 0 Å². The number of allylic oxidation sites excluding steroid dienone is 1. The molecule has 0 saturated carbocycles. The molecule has 2 nitrogen and oxygen atoms in total. The first kappa shape index (κ1) is 10.1. The van der Waals surface area contributed by atoms with Crippen molar-refractivity contribution < 1.29 is 0 Å². The van der Waals surface area contributed by atoms with Gasteiger partial charge in [0.05, 0.1) is 5.70 Å². The van der Waals surface area contributed by atoms with E-state index < -0.39 is 0 Å². The zero-order valence-electron chi connectivity index (χ0n) is 9.49. The maximum Gasteiger partial charge on any atom is 0.0674 e. The monoisotopic (exact) mass is 200 g/mol. The van der Waals surface area contributed by atoms with Crippen LogP contribution in [0.3, 0.4) is 0 Å². The number of aryl methyl sites for hydroxylation is 1. The van der Waals surface area contributed by atoms with Crippen LogP contribution in [0.25, 0.3) is 5.70 Å². The number of aliphatic imine (C=N–C) groups is 1. The third-order valence-corrected chi connectivity index (χ3v) is 2.58. The highest BCUT2D eigenvalue weighted by Crippen LogP contribution is 2.28. The van der Waals surface area contributed by atoms with Gasteiger partial charge in [0.2, 0.25) is 0 Å². The number of nitrogens with zero attached hydrogens (tertiary/aromatic N) is 2. The molecule has 1 aliphatic rings. The minimum atomic E-state index is 0.196. The Morgan fingerprint density at radius 1 is 1.27 bits per heavy atom. The third kappa shape index (κ3) is 2.32. The van der Waals surface area contributed by atoms with Crippen LogP contribution >= 0.6 is 0 Å². The first-order valence-electron chi connectivity index (χ1n) is 5.25. The Labute approximate surface area is 90.8 Å². The van der Waals surface area contributed by atoms with Crippen molar-refractivity contribution in [3.05, 3.63) is 35.7 Å². The Morgan fingerprint density at radius 3 is 2.60 bits per heavy atom. The molecule has 15 heavy (non-hydrogen) atoms. The van der Waals surface area contributed by atoms with E-state index in [0.29, 0.717) is 0 Å². The van der Waals surface area contributed by atoms with Crippen LogP contribution < -0.4 is 0 Å². The molecule has 0 N–H and O–H groups in total. The van der Waals surface area contributed by atoms with Crippen LogP contribution in [0.5, 0.6) is 0 Å². The molecule has 2 rings (SSSR count). The molecular weight excluding hydrogens is 184 g/mol. The van der Waals surface area contributed by atoms with Gasteiger partial charge in [-0.15, -0.1) is 0 Å². The zero-order chi connectivity index (χ0) is 10.9. The van der Waals surface area contributed by atoms with Crippen LogP contribution in [-0.4, -0.2) is 11.2 Å². The molecule has 0 radical (unpaired) electrons. The minimum Gasteiger partial charge on any atom is -0.261 e. The summed E-state index contributed by atoms with van der Waals surface area (Å²) in [7, 11) is 0. The molecule has 0 spiro atoms. The fraction of sp³-hybridized carbons (Fsp3) is 0.385. The Balaban J connectivity index is 2.24. The van der Waals surface area contributed by atoms with E-state index in [2.05, 4.69) is 36.0 Å². The number of hydrogen-bond acceptors (Lipinski definition) is 2. The third-order valence-electron chi connectivity index (χ3n) is 2.58. The predicted molar refractivity (Wildman–Crippen MR) is 63.8 cm³/mol. The second kappa shape index (κ2) is 3.61. The number of aromatic nitrogens is 1. The molecule has 2 heterocycles. The summed E-state index contributed by atoms with van der Waals surface area (Å²) in [4.78, 5) is 8.75. The Hall–Kier alpha value is -1.44. The van der Waals surface area contributed by atoms with Gasteiger partial charge in [0.15, 0.2) is 0 Å². The first-order chi connectivity index (χ1) is 7.07. The van der Waals surface area contributed by atoms with Gasteiger partial charge in [0.1, 0.15) is 0 Å². The molecule has 1 aliphatic heterocycles. The lowest BCUT2D eigenvalue weighted by molar-refractivity contribution is 0.541. The fourth-order valence-electron chi connectivity index (χ4n) is 1.52. The molecule has 1 aromatic rings. The van der Waals surface area contributed by atoms with E-state index in [1.54, 1.807) is 0 Å². The Kier molecular flexibility index (Phi) is 2.43. The van der Waals surface area contributed by atoms with E-state index in [1.165, 1.54) is 0 Å². The maximum atomic E-state index is 4.48. The number of rotatable bonds is 1. The number of pyridine rings is 1. The molecule has 0 amide bonds. The normalized spacial score (nSPS) is 18.7. The molecule has 0 bridgehead atoms. The quantitative estimate of drug-likeness (QED) is 0.683. The summed E-state index contributed by atoms with van der Waals surface area (Å²) in [5.41, 5.74) is 3.38. The van der Waals surface area contributed by atoms with Gasteiger partial charge in [0.25, 0.3) is 0 Å². The topological polar surface area (TPSA) is 25.2 Å². The van der Waals surface area contributed by atoms with Crippen LogP contribution in [0.1, 0.15) is 31.5 Å². The highest BCUT2D eigenvalue weighted by atomic mass is 14.8. The largest absolute Gasteiger partial charge is 0.261 e. The predicted octanol–water partition coefficient (Wildman–Crippen LogP) is 3.23. The smallest absolute Gasteiger partial charge is 0.0674 e. The van der Waals surface area contributed by atoms with Crippen molar-refractivity contribution >= 4 is 11.9 Å². The van der Waals surface area contributed by atoms with Gasteiger partial charge in [-0.3, -0.25) is 9.98 Å². The molecule has 0 aliphatic carbocycles. The zero-order valence-corrected chi connectivity index (χ0v) is 9.49. The second-order valence-corrected chi connectivity index (χ2v) is 4.73. The van der Waals surface area contributed by atoms with E-state index in [1.807, 2.05) is 25.4 Å². The highest BCUT2D eigenvalue weighted by Gasteiger charge is 2.17. The van der Waals surface area contributed by atoms with Crippen molar-refractivity contribution in [3.8, 4) is 0 Å². The molecule has 0 saturated heterocycles. The van der Waals surface area contributed by atoms with Gasteiger partial charge in [-0.05, 0) is 25.5 Å². The van der Waals surface area contributed by atoms with Crippen LogP contribution in [-0.2, 0) is 0 Å². The van der Waals surface area contributed by atoms with Gasteiger partial charge in [-0.1, -0.05) is 19.9 Å². The Morgan fingerprint density at radius 2 is 2.07 bits per heavy atom. The van der Waals surface area contributed by atoms with Crippen molar-refractivity contribution in [2.24, 2.45) is 10.4 Å². The van der Waals surface area contributed by atoms with E-state index in [4.69, 9.17) is 0 Å². The molecule has 0 atom stereocenters. The van der Waals surface area contributed by atoms with Crippen molar-refractivity contribution in [1.82, 2.24) is 4.98 Å².